The summed E-state index contributed by atoms with van der Waals surface area (Å²) in [6.07, 6.45) is 4.35. The Hall–Kier alpha value is -2.83. The second-order valence-corrected chi connectivity index (χ2v) is 8.76. The van der Waals surface area contributed by atoms with Gasteiger partial charge in [-0.2, -0.15) is 0 Å². The Labute approximate surface area is 203 Å². The van der Waals surface area contributed by atoms with Crippen molar-refractivity contribution in [2.75, 3.05) is 26.7 Å². The molecule has 3 rings (SSSR count). The maximum atomic E-state index is 12.4. The Morgan fingerprint density at radius 3 is 2.42 bits per heavy atom. The summed E-state index contributed by atoms with van der Waals surface area (Å²) in [6.45, 7) is 0.950. The molecule has 0 aromatic heterocycles. The molecule has 0 atom stereocenters. The molecule has 0 saturated carbocycles. The maximum Gasteiger partial charge on any atom is 0.309 e. The fourth-order valence-electron chi connectivity index (χ4n) is 3.53. The van der Waals surface area contributed by atoms with E-state index in [0.717, 1.165) is 11.1 Å². The molecule has 1 aliphatic heterocycles. The number of likely N-dealkylation sites (N-methyl/N-ethyl adjacent to an activating group) is 1. The molecular weight excluding hydrogens is 463 g/mol. The lowest BCUT2D eigenvalue weighted by Gasteiger charge is -2.30. The van der Waals surface area contributed by atoms with E-state index in [1.54, 1.807) is 42.3 Å². The largest absolute Gasteiger partial charge is 0.455 e. The summed E-state index contributed by atoms with van der Waals surface area (Å²) in [6, 6.07) is 14.8. The van der Waals surface area contributed by atoms with Gasteiger partial charge in [0, 0.05) is 32.8 Å². The number of nitrogens with zero attached hydrogens (tertiary/aromatic N) is 2. The molecule has 1 fully saturated rings. The van der Waals surface area contributed by atoms with Crippen LogP contribution in [-0.4, -0.2) is 54.3 Å². The number of likely N-dealkylation sites (tertiary alicyclic amines) is 1. The Morgan fingerprint density at radius 2 is 1.76 bits per heavy atom. The normalized spacial score (nSPS) is 14.3. The van der Waals surface area contributed by atoms with E-state index in [2.05, 4.69) is 0 Å². The van der Waals surface area contributed by atoms with Crippen LogP contribution in [-0.2, 0) is 25.7 Å². The van der Waals surface area contributed by atoms with Crippen molar-refractivity contribution >= 4 is 47.1 Å². The van der Waals surface area contributed by atoms with Gasteiger partial charge in [-0.05, 0) is 42.2 Å². The fourth-order valence-corrected chi connectivity index (χ4v) is 3.85. The number of piperidine rings is 1. The molecule has 0 radical (unpaired) electrons. The van der Waals surface area contributed by atoms with Gasteiger partial charge in [-0.15, -0.1) is 0 Å². The molecule has 0 bridgehead atoms. The topological polar surface area (TPSA) is 66.9 Å². The van der Waals surface area contributed by atoms with Crippen LogP contribution in [0.1, 0.15) is 24.0 Å². The van der Waals surface area contributed by atoms with Gasteiger partial charge >= 0.3 is 5.97 Å². The quantitative estimate of drug-likeness (QED) is 0.426. The molecule has 0 N–H and O–H groups in total. The highest BCUT2D eigenvalue weighted by molar-refractivity contribution is 6.42. The number of carbonyl (C=O) groups excluding carboxylic acids is 3. The third kappa shape index (κ3) is 7.34. The zero-order valence-corrected chi connectivity index (χ0v) is 19.9. The number of benzene rings is 2. The minimum absolute atomic E-state index is 0.0789. The van der Waals surface area contributed by atoms with E-state index in [4.69, 9.17) is 27.9 Å². The zero-order chi connectivity index (χ0) is 23.8. The first kappa shape index (κ1) is 24.8. The van der Waals surface area contributed by atoms with Gasteiger partial charge in [0.1, 0.15) is 0 Å². The van der Waals surface area contributed by atoms with Gasteiger partial charge in [-0.1, -0.05) is 59.6 Å². The first-order valence-corrected chi connectivity index (χ1v) is 11.5. The Kier molecular flexibility index (Phi) is 8.92. The van der Waals surface area contributed by atoms with Gasteiger partial charge in [0.2, 0.25) is 5.91 Å². The van der Waals surface area contributed by atoms with Crippen molar-refractivity contribution in [1.82, 2.24) is 9.80 Å². The lowest BCUT2D eigenvalue weighted by atomic mass is 9.97. The third-order valence-electron chi connectivity index (χ3n) is 5.53. The second-order valence-electron chi connectivity index (χ2n) is 7.95. The van der Waals surface area contributed by atoms with Crippen LogP contribution in [0.15, 0.2) is 54.6 Å². The van der Waals surface area contributed by atoms with Gasteiger partial charge in [0.05, 0.1) is 16.0 Å². The molecule has 2 aromatic carbocycles. The van der Waals surface area contributed by atoms with E-state index in [1.807, 2.05) is 30.3 Å². The summed E-state index contributed by atoms with van der Waals surface area (Å²) in [5.41, 5.74) is 1.78. The number of esters is 1. The lowest BCUT2D eigenvalue weighted by molar-refractivity contribution is -0.157. The Balaban J connectivity index is 1.40. The van der Waals surface area contributed by atoms with Crippen molar-refractivity contribution in [3.05, 3.63) is 75.8 Å². The minimum atomic E-state index is -0.404. The molecule has 2 amide bonds. The molecule has 1 saturated heterocycles. The average Bonchev–Trinajstić information content (AvgIpc) is 2.83. The molecule has 6 nitrogen and oxygen atoms in total. The predicted octanol–water partition coefficient (Wildman–Crippen LogP) is 4.45. The van der Waals surface area contributed by atoms with Crippen LogP contribution >= 0.6 is 23.2 Å². The van der Waals surface area contributed by atoms with E-state index in [-0.39, 0.29) is 24.3 Å². The standard InChI is InChI=1S/C25H26Cl2N2O4/c1-28(16-19-7-9-21(26)22(27)15-19)24(31)17-33-25(32)20-11-13-29(14-12-20)23(30)10-8-18-5-3-2-4-6-18/h2-10,15,20H,11-14,16-17H2,1H3/b10-8+. The fraction of sp³-hybridized carbons (Fsp3) is 0.320. The molecule has 2 aromatic rings. The predicted molar refractivity (Wildman–Crippen MR) is 129 cm³/mol. The highest BCUT2D eigenvalue weighted by atomic mass is 35.5. The Bertz CT molecular complexity index is 1020. The summed E-state index contributed by atoms with van der Waals surface area (Å²) >= 11 is 11.9. The SMILES string of the molecule is CN(Cc1ccc(Cl)c(Cl)c1)C(=O)COC(=O)C1CCN(C(=O)/C=C/c2ccccc2)CC1. The van der Waals surface area contributed by atoms with Crippen molar-refractivity contribution in [1.29, 1.82) is 0 Å². The van der Waals surface area contributed by atoms with Crippen LogP contribution in [0.3, 0.4) is 0 Å². The number of amides is 2. The molecule has 8 heteroatoms. The average molecular weight is 489 g/mol. The first-order chi connectivity index (χ1) is 15.8. The van der Waals surface area contributed by atoms with E-state index < -0.39 is 5.97 Å². The summed E-state index contributed by atoms with van der Waals surface area (Å²) in [7, 11) is 1.63. The van der Waals surface area contributed by atoms with E-state index in [1.165, 1.54) is 4.90 Å². The highest BCUT2D eigenvalue weighted by Gasteiger charge is 2.28. The van der Waals surface area contributed by atoms with Gasteiger partial charge in [0.25, 0.3) is 5.91 Å². The van der Waals surface area contributed by atoms with Crippen LogP contribution in [0.2, 0.25) is 10.0 Å². The molecule has 1 heterocycles. The van der Waals surface area contributed by atoms with Gasteiger partial charge in [0.15, 0.2) is 6.61 Å². The Morgan fingerprint density at radius 1 is 1.06 bits per heavy atom. The molecule has 0 unspecified atom stereocenters. The molecule has 0 spiro atoms. The summed E-state index contributed by atoms with van der Waals surface area (Å²) in [5.74, 6) is -1.11. The van der Waals surface area contributed by atoms with E-state index in [0.29, 0.717) is 42.5 Å². The second kappa shape index (κ2) is 11.9. The summed E-state index contributed by atoms with van der Waals surface area (Å²) < 4.78 is 5.25. The van der Waals surface area contributed by atoms with Crippen LogP contribution in [0.25, 0.3) is 6.08 Å². The number of ether oxygens (including phenoxy) is 1. The van der Waals surface area contributed by atoms with E-state index in [9.17, 15) is 14.4 Å². The monoisotopic (exact) mass is 488 g/mol. The minimum Gasteiger partial charge on any atom is -0.455 e. The highest BCUT2D eigenvalue weighted by Crippen LogP contribution is 2.23. The van der Waals surface area contributed by atoms with E-state index >= 15 is 0 Å². The zero-order valence-electron chi connectivity index (χ0n) is 18.4. The van der Waals surface area contributed by atoms with Crippen molar-refractivity contribution < 1.29 is 19.1 Å². The maximum absolute atomic E-state index is 12.4. The number of hydrogen-bond donors (Lipinski definition) is 0. The van der Waals surface area contributed by atoms with Crippen LogP contribution < -0.4 is 0 Å². The molecule has 1 aliphatic rings. The number of rotatable bonds is 7. The van der Waals surface area contributed by atoms with Gasteiger partial charge < -0.3 is 14.5 Å². The van der Waals surface area contributed by atoms with Crippen molar-refractivity contribution in [3.63, 3.8) is 0 Å². The lowest BCUT2D eigenvalue weighted by Crippen LogP contribution is -2.40. The summed E-state index contributed by atoms with van der Waals surface area (Å²) in [4.78, 5) is 40.3. The molecule has 174 valence electrons. The first-order valence-electron chi connectivity index (χ1n) is 10.7. The van der Waals surface area contributed by atoms with Crippen molar-refractivity contribution in [2.45, 2.75) is 19.4 Å². The van der Waals surface area contributed by atoms with Gasteiger partial charge in [-0.25, -0.2) is 0 Å². The van der Waals surface area contributed by atoms with Crippen LogP contribution in [0.5, 0.6) is 0 Å². The van der Waals surface area contributed by atoms with Crippen molar-refractivity contribution in [3.8, 4) is 0 Å². The smallest absolute Gasteiger partial charge is 0.309 e. The van der Waals surface area contributed by atoms with Crippen LogP contribution in [0.4, 0.5) is 0 Å². The van der Waals surface area contributed by atoms with Crippen LogP contribution in [0, 0.1) is 5.92 Å². The number of hydrogen-bond acceptors (Lipinski definition) is 4. The molecular formula is C25H26Cl2N2O4. The van der Waals surface area contributed by atoms with Gasteiger partial charge in [-0.3, -0.25) is 14.4 Å². The number of halogens is 2. The molecule has 33 heavy (non-hydrogen) atoms. The number of carbonyl (C=O) groups is 3. The summed E-state index contributed by atoms with van der Waals surface area (Å²) in [5, 5.41) is 0.866. The third-order valence-corrected chi connectivity index (χ3v) is 6.26. The van der Waals surface area contributed by atoms with Crippen molar-refractivity contribution in [2.24, 2.45) is 5.92 Å². The molecule has 0 aliphatic carbocycles.